The molecule has 0 atom stereocenters. The molecule has 3 rings (SSSR count). The molecule has 0 spiro atoms. The Bertz CT molecular complexity index is 828. The predicted octanol–water partition coefficient (Wildman–Crippen LogP) is 4.37. The van der Waals surface area contributed by atoms with Gasteiger partial charge in [-0.05, 0) is 42.5 Å². The van der Waals surface area contributed by atoms with Gasteiger partial charge in [-0.1, -0.05) is 27.2 Å². The van der Waals surface area contributed by atoms with E-state index in [-0.39, 0.29) is 5.91 Å². The van der Waals surface area contributed by atoms with Crippen LogP contribution in [-0.2, 0) is 0 Å². The lowest BCUT2D eigenvalue weighted by Crippen LogP contribution is -2.11. The summed E-state index contributed by atoms with van der Waals surface area (Å²) in [5.74, 6) is 0.865. The van der Waals surface area contributed by atoms with Crippen LogP contribution in [0.25, 0.3) is 11.3 Å². The zero-order valence-electron chi connectivity index (χ0n) is 12.2. The number of hydrogen-bond donors (Lipinski definition) is 1. The number of nitrogens with one attached hydrogen (secondary N) is 1. The third-order valence-electron chi connectivity index (χ3n) is 3.25. The molecule has 1 N–H and O–H groups in total. The zero-order chi connectivity index (χ0) is 16.2. The molecule has 1 heterocycles. The number of ether oxygens (including phenoxy) is 1. The van der Waals surface area contributed by atoms with Crippen LogP contribution in [0.5, 0.6) is 5.75 Å². The van der Waals surface area contributed by atoms with Gasteiger partial charge < -0.3 is 14.6 Å². The van der Waals surface area contributed by atoms with E-state index in [9.17, 15) is 4.79 Å². The summed E-state index contributed by atoms with van der Waals surface area (Å²) in [6.45, 7) is 0. The first-order valence-corrected chi connectivity index (χ1v) is 7.62. The van der Waals surface area contributed by atoms with Gasteiger partial charge in [0.25, 0.3) is 5.91 Å². The van der Waals surface area contributed by atoms with Crippen LogP contribution in [0.2, 0.25) is 0 Å². The minimum atomic E-state index is -0.282. The van der Waals surface area contributed by atoms with Crippen molar-refractivity contribution in [1.29, 1.82) is 0 Å². The minimum Gasteiger partial charge on any atom is -0.497 e. The van der Waals surface area contributed by atoms with E-state index in [0.717, 1.165) is 15.8 Å². The Hall–Kier alpha value is -2.60. The van der Waals surface area contributed by atoms with E-state index in [2.05, 4.69) is 26.4 Å². The first kappa shape index (κ1) is 15.3. The summed E-state index contributed by atoms with van der Waals surface area (Å²) in [7, 11) is 1.60. The van der Waals surface area contributed by atoms with E-state index >= 15 is 0 Å². The van der Waals surface area contributed by atoms with Crippen LogP contribution in [0.4, 0.5) is 5.69 Å². The van der Waals surface area contributed by atoms with Crippen molar-refractivity contribution in [1.82, 2.24) is 5.16 Å². The lowest BCUT2D eigenvalue weighted by atomic mass is 10.1. The molecule has 1 aromatic heterocycles. The van der Waals surface area contributed by atoms with Gasteiger partial charge in [0.05, 0.1) is 13.3 Å². The number of rotatable bonds is 4. The van der Waals surface area contributed by atoms with Gasteiger partial charge >= 0.3 is 0 Å². The molecule has 116 valence electrons. The van der Waals surface area contributed by atoms with E-state index < -0.39 is 0 Å². The predicted molar refractivity (Wildman–Crippen MR) is 90.6 cm³/mol. The van der Waals surface area contributed by atoms with Gasteiger partial charge in [0, 0.05) is 15.7 Å². The van der Waals surface area contributed by atoms with Crippen LogP contribution < -0.4 is 10.1 Å². The third-order valence-corrected chi connectivity index (χ3v) is 3.74. The van der Waals surface area contributed by atoms with Crippen molar-refractivity contribution < 1.29 is 14.1 Å². The number of carbonyl (C=O) groups is 1. The van der Waals surface area contributed by atoms with E-state index in [1.165, 1.54) is 6.20 Å². The molecule has 0 saturated carbocycles. The van der Waals surface area contributed by atoms with Gasteiger partial charge in [-0.15, -0.1) is 0 Å². The van der Waals surface area contributed by atoms with Gasteiger partial charge in [-0.3, -0.25) is 4.79 Å². The summed E-state index contributed by atoms with van der Waals surface area (Å²) >= 11 is 3.37. The quantitative estimate of drug-likeness (QED) is 0.738. The number of methoxy groups -OCH3 is 1. The SMILES string of the molecule is COc1ccc(-c2oncc2C(=O)Nc2cccc(Br)c2)cc1. The highest BCUT2D eigenvalue weighted by Crippen LogP contribution is 2.26. The van der Waals surface area contributed by atoms with Crippen molar-refractivity contribution in [2.45, 2.75) is 0 Å². The number of anilines is 1. The highest BCUT2D eigenvalue weighted by Gasteiger charge is 2.18. The fraction of sp³-hybridized carbons (Fsp3) is 0.0588. The summed E-state index contributed by atoms with van der Waals surface area (Å²) in [6, 6.07) is 14.6. The Kier molecular flexibility index (Phi) is 4.43. The molecule has 0 fully saturated rings. The van der Waals surface area contributed by atoms with Gasteiger partial charge in [0.15, 0.2) is 5.76 Å². The molecule has 0 aliphatic carbocycles. The summed E-state index contributed by atoms with van der Waals surface area (Å²) in [5, 5.41) is 6.57. The number of amides is 1. The molecule has 3 aromatic rings. The summed E-state index contributed by atoms with van der Waals surface area (Å²) < 4.78 is 11.3. The number of halogens is 1. The van der Waals surface area contributed by atoms with Crippen molar-refractivity contribution >= 4 is 27.5 Å². The fourth-order valence-corrected chi connectivity index (χ4v) is 2.52. The molecule has 23 heavy (non-hydrogen) atoms. The molecule has 0 unspecified atom stereocenters. The van der Waals surface area contributed by atoms with Crippen LogP contribution in [0.1, 0.15) is 10.4 Å². The fourth-order valence-electron chi connectivity index (χ4n) is 2.12. The maximum Gasteiger partial charge on any atom is 0.261 e. The highest BCUT2D eigenvalue weighted by molar-refractivity contribution is 9.10. The molecule has 0 aliphatic rings. The molecule has 0 bridgehead atoms. The van der Waals surface area contributed by atoms with Crippen molar-refractivity contribution in [2.24, 2.45) is 0 Å². The molecule has 0 radical (unpaired) electrons. The van der Waals surface area contributed by atoms with Crippen LogP contribution in [0.3, 0.4) is 0 Å². The topological polar surface area (TPSA) is 64.4 Å². The maximum absolute atomic E-state index is 12.5. The molecular formula is C17H13BrN2O3. The molecule has 0 aliphatic heterocycles. The van der Waals surface area contributed by atoms with Crippen molar-refractivity contribution in [2.75, 3.05) is 12.4 Å². The van der Waals surface area contributed by atoms with E-state index in [4.69, 9.17) is 9.26 Å². The minimum absolute atomic E-state index is 0.282. The second-order valence-electron chi connectivity index (χ2n) is 4.76. The molecular weight excluding hydrogens is 360 g/mol. The second-order valence-corrected chi connectivity index (χ2v) is 5.68. The zero-order valence-corrected chi connectivity index (χ0v) is 13.8. The normalized spacial score (nSPS) is 10.3. The summed E-state index contributed by atoms with van der Waals surface area (Å²) in [4.78, 5) is 12.5. The lowest BCUT2D eigenvalue weighted by molar-refractivity contribution is 0.102. The summed E-state index contributed by atoms with van der Waals surface area (Å²) in [5.41, 5.74) is 1.81. The van der Waals surface area contributed by atoms with Crippen molar-refractivity contribution in [3.63, 3.8) is 0 Å². The van der Waals surface area contributed by atoms with E-state index in [1.54, 1.807) is 19.2 Å². The van der Waals surface area contributed by atoms with Crippen LogP contribution in [-0.4, -0.2) is 18.2 Å². The number of nitrogens with zero attached hydrogens (tertiary/aromatic N) is 1. The van der Waals surface area contributed by atoms with Gasteiger partial charge in [-0.25, -0.2) is 0 Å². The average molecular weight is 373 g/mol. The van der Waals surface area contributed by atoms with Gasteiger partial charge in [0.1, 0.15) is 11.3 Å². The Morgan fingerprint density at radius 2 is 2.00 bits per heavy atom. The number of hydrogen-bond acceptors (Lipinski definition) is 4. The Morgan fingerprint density at radius 1 is 1.22 bits per heavy atom. The molecule has 6 heteroatoms. The molecule has 0 saturated heterocycles. The van der Waals surface area contributed by atoms with E-state index in [1.807, 2.05) is 36.4 Å². The van der Waals surface area contributed by atoms with Crippen molar-refractivity contribution in [3.8, 4) is 17.1 Å². The smallest absolute Gasteiger partial charge is 0.261 e. The van der Waals surface area contributed by atoms with Crippen LogP contribution >= 0.6 is 15.9 Å². The molecule has 5 nitrogen and oxygen atoms in total. The highest BCUT2D eigenvalue weighted by atomic mass is 79.9. The average Bonchev–Trinajstić information content (AvgIpc) is 3.05. The first-order valence-electron chi connectivity index (χ1n) is 6.83. The summed E-state index contributed by atoms with van der Waals surface area (Å²) in [6.07, 6.45) is 1.41. The molecule has 1 amide bonds. The van der Waals surface area contributed by atoms with Gasteiger partial charge in [0.2, 0.25) is 0 Å². The van der Waals surface area contributed by atoms with Crippen LogP contribution in [0, 0.1) is 0 Å². The third kappa shape index (κ3) is 3.43. The Labute approximate surface area is 141 Å². The van der Waals surface area contributed by atoms with E-state index in [0.29, 0.717) is 17.0 Å². The first-order chi connectivity index (χ1) is 11.2. The van der Waals surface area contributed by atoms with Gasteiger partial charge in [-0.2, -0.15) is 0 Å². The second kappa shape index (κ2) is 6.66. The maximum atomic E-state index is 12.5. The standard InChI is InChI=1S/C17H13BrN2O3/c1-22-14-7-5-11(6-8-14)16-15(10-19-23-16)17(21)20-13-4-2-3-12(18)9-13/h2-10H,1H3,(H,20,21). The monoisotopic (exact) mass is 372 g/mol. The van der Waals surface area contributed by atoms with Crippen LogP contribution in [0.15, 0.2) is 63.7 Å². The lowest BCUT2D eigenvalue weighted by Gasteiger charge is -2.06. The largest absolute Gasteiger partial charge is 0.497 e. The molecule has 2 aromatic carbocycles. The number of benzene rings is 2. The number of aromatic nitrogens is 1. The van der Waals surface area contributed by atoms with Crippen molar-refractivity contribution in [3.05, 3.63) is 64.8 Å². The Morgan fingerprint density at radius 3 is 2.70 bits per heavy atom. The number of carbonyl (C=O) groups excluding carboxylic acids is 1. The Balaban J connectivity index is 1.86.